The molecule has 220 valence electrons. The summed E-state index contributed by atoms with van der Waals surface area (Å²) in [6, 6.07) is 17.2. The molecular weight excluding hydrogens is 538 g/mol. The van der Waals surface area contributed by atoms with Gasteiger partial charge in [0.05, 0.1) is 20.8 Å². The van der Waals surface area contributed by atoms with E-state index in [-0.39, 0.29) is 24.4 Å². The quantitative estimate of drug-likeness (QED) is 0.223. The molecule has 1 aromatic heterocycles. The van der Waals surface area contributed by atoms with Gasteiger partial charge in [-0.1, -0.05) is 62.4 Å². The molecule has 1 fully saturated rings. The van der Waals surface area contributed by atoms with Crippen molar-refractivity contribution in [2.45, 2.75) is 71.0 Å². The summed E-state index contributed by atoms with van der Waals surface area (Å²) in [6.07, 6.45) is 9.13. The van der Waals surface area contributed by atoms with Crippen LogP contribution in [-0.2, 0) is 17.9 Å². The van der Waals surface area contributed by atoms with E-state index in [0.29, 0.717) is 36.7 Å². The van der Waals surface area contributed by atoms with Gasteiger partial charge in [-0.25, -0.2) is 0 Å². The van der Waals surface area contributed by atoms with E-state index in [1.165, 1.54) is 6.42 Å². The van der Waals surface area contributed by atoms with Crippen LogP contribution in [0.25, 0.3) is 0 Å². The Hall–Kier alpha value is -3.45. The Bertz CT molecular complexity index is 1280. The molecule has 2 aromatic carbocycles. The van der Waals surface area contributed by atoms with E-state index >= 15 is 0 Å². The van der Waals surface area contributed by atoms with Gasteiger partial charge >= 0.3 is 0 Å². The van der Waals surface area contributed by atoms with Gasteiger partial charge in [0.2, 0.25) is 5.91 Å². The average molecular weight is 580 g/mol. The molecule has 0 saturated heterocycles. The number of carbonyl (C=O) groups is 2. The van der Waals surface area contributed by atoms with Crippen molar-refractivity contribution in [3.05, 3.63) is 82.6 Å². The van der Waals surface area contributed by atoms with Gasteiger partial charge < -0.3 is 23.8 Å². The van der Waals surface area contributed by atoms with Gasteiger partial charge in [0, 0.05) is 47.7 Å². The Kier molecular flexibility index (Phi) is 11.1. The molecule has 3 aromatic rings. The first-order valence-electron chi connectivity index (χ1n) is 14.6. The highest BCUT2D eigenvalue weighted by Crippen LogP contribution is 2.27. The van der Waals surface area contributed by atoms with Crippen molar-refractivity contribution in [1.82, 2.24) is 14.4 Å². The van der Waals surface area contributed by atoms with Gasteiger partial charge in [-0.15, -0.1) is 0 Å². The molecule has 0 N–H and O–H groups in total. The smallest absolute Gasteiger partial charge is 0.254 e. The van der Waals surface area contributed by atoms with Crippen LogP contribution in [0.5, 0.6) is 11.5 Å². The van der Waals surface area contributed by atoms with Gasteiger partial charge in [0.25, 0.3) is 5.91 Å². The maximum Gasteiger partial charge on any atom is 0.254 e. The molecule has 0 unspecified atom stereocenters. The van der Waals surface area contributed by atoms with Crippen LogP contribution in [0.1, 0.15) is 73.5 Å². The minimum atomic E-state index is -0.199. The van der Waals surface area contributed by atoms with Gasteiger partial charge in [-0.2, -0.15) is 0 Å². The van der Waals surface area contributed by atoms with Crippen LogP contribution in [0, 0.1) is 0 Å². The van der Waals surface area contributed by atoms with Crippen LogP contribution in [-0.4, -0.2) is 59.5 Å². The van der Waals surface area contributed by atoms with Crippen molar-refractivity contribution in [3.63, 3.8) is 0 Å². The maximum absolute atomic E-state index is 14.1. The molecule has 41 heavy (non-hydrogen) atoms. The van der Waals surface area contributed by atoms with Crippen LogP contribution in [0.3, 0.4) is 0 Å². The van der Waals surface area contributed by atoms with Crippen LogP contribution >= 0.6 is 11.6 Å². The van der Waals surface area contributed by atoms with Crippen molar-refractivity contribution >= 4 is 23.4 Å². The minimum absolute atomic E-state index is 0.0262. The third-order valence-electron chi connectivity index (χ3n) is 7.88. The van der Waals surface area contributed by atoms with E-state index in [1.54, 1.807) is 37.3 Å². The van der Waals surface area contributed by atoms with E-state index in [0.717, 1.165) is 54.8 Å². The van der Waals surface area contributed by atoms with Crippen LogP contribution in [0.15, 0.2) is 60.8 Å². The fourth-order valence-electron chi connectivity index (χ4n) is 5.51. The van der Waals surface area contributed by atoms with Gasteiger partial charge in [0.15, 0.2) is 0 Å². The number of unbranched alkanes of at least 4 members (excludes halogenated alkanes) is 1. The molecule has 8 heteroatoms. The second-order valence-electron chi connectivity index (χ2n) is 10.7. The predicted octanol–water partition coefficient (Wildman–Crippen LogP) is 6.81. The first-order valence-corrected chi connectivity index (χ1v) is 15.0. The largest absolute Gasteiger partial charge is 0.497 e. The molecule has 1 saturated carbocycles. The highest BCUT2D eigenvalue weighted by Gasteiger charge is 2.29. The Morgan fingerprint density at radius 1 is 0.976 bits per heavy atom. The van der Waals surface area contributed by atoms with E-state index in [2.05, 4.69) is 17.6 Å². The second-order valence-corrected chi connectivity index (χ2v) is 11.1. The summed E-state index contributed by atoms with van der Waals surface area (Å²) in [5, 5.41) is 0.728. The number of halogens is 1. The zero-order valence-corrected chi connectivity index (χ0v) is 25.2. The van der Waals surface area contributed by atoms with Gasteiger partial charge in [0.1, 0.15) is 18.0 Å². The highest BCUT2D eigenvalue weighted by atomic mass is 35.5. The molecule has 0 aliphatic heterocycles. The summed E-state index contributed by atoms with van der Waals surface area (Å²) in [5.74, 6) is 0.853. The lowest BCUT2D eigenvalue weighted by atomic mass is 9.94. The number of carbonyl (C=O) groups excluding carboxylic acids is 2. The second kappa shape index (κ2) is 15.0. The van der Waals surface area contributed by atoms with Crippen molar-refractivity contribution in [2.24, 2.45) is 0 Å². The van der Waals surface area contributed by atoms with Crippen molar-refractivity contribution in [1.29, 1.82) is 0 Å². The Balaban J connectivity index is 1.58. The third-order valence-corrected chi connectivity index (χ3v) is 8.25. The number of nitrogens with zero attached hydrogens (tertiary/aromatic N) is 3. The lowest BCUT2D eigenvalue weighted by Gasteiger charge is -2.36. The van der Waals surface area contributed by atoms with Crippen LogP contribution < -0.4 is 9.47 Å². The molecule has 1 heterocycles. The highest BCUT2D eigenvalue weighted by molar-refractivity contribution is 6.31. The molecular formula is C33H42ClN3O4. The van der Waals surface area contributed by atoms with Gasteiger partial charge in [-0.05, 0) is 55.2 Å². The fraction of sp³-hybridized carbons (Fsp3) is 0.455. The van der Waals surface area contributed by atoms with Crippen molar-refractivity contribution in [3.8, 4) is 11.5 Å². The Morgan fingerprint density at radius 3 is 2.34 bits per heavy atom. The van der Waals surface area contributed by atoms with Crippen molar-refractivity contribution in [2.75, 3.05) is 27.3 Å². The number of hydrogen-bond donors (Lipinski definition) is 0. The monoisotopic (exact) mass is 579 g/mol. The number of benzene rings is 2. The summed E-state index contributed by atoms with van der Waals surface area (Å²) in [5.41, 5.74) is 2.53. The lowest BCUT2D eigenvalue weighted by Crippen LogP contribution is -2.47. The normalized spacial score (nSPS) is 13.6. The standard InChI is InChI=1S/C33H42ClN3O4/c1-4-5-17-36(33(39)26-19-29(40-2)21-30(20-26)41-3)24-32(38)37(27-13-7-6-8-14-27)23-28-15-11-18-35(28)22-25-12-9-10-16-31(25)34/h9-12,15-16,18-21,27H,4-8,13-14,17,22-24H2,1-3H3. The van der Waals surface area contributed by atoms with Crippen LogP contribution in [0.4, 0.5) is 0 Å². The maximum atomic E-state index is 14.1. The zero-order chi connectivity index (χ0) is 29.2. The Morgan fingerprint density at radius 2 is 1.68 bits per heavy atom. The number of rotatable bonds is 13. The van der Waals surface area contributed by atoms with Crippen molar-refractivity contribution < 1.29 is 19.1 Å². The molecule has 4 rings (SSSR count). The SMILES string of the molecule is CCCCN(CC(=O)N(Cc1cccn1Cc1ccccc1Cl)C1CCCCC1)C(=O)c1cc(OC)cc(OC)c1. The molecule has 0 atom stereocenters. The summed E-state index contributed by atoms with van der Waals surface area (Å²) < 4.78 is 12.9. The molecule has 0 spiro atoms. The van der Waals surface area contributed by atoms with Gasteiger partial charge in [-0.3, -0.25) is 9.59 Å². The summed E-state index contributed by atoms with van der Waals surface area (Å²) in [6.45, 7) is 3.74. The fourth-order valence-corrected chi connectivity index (χ4v) is 5.71. The average Bonchev–Trinajstić information content (AvgIpc) is 3.45. The third kappa shape index (κ3) is 8.07. The first kappa shape index (κ1) is 30.5. The number of hydrogen-bond acceptors (Lipinski definition) is 4. The molecule has 0 radical (unpaired) electrons. The topological polar surface area (TPSA) is 64.0 Å². The number of amides is 2. The molecule has 0 bridgehead atoms. The number of aromatic nitrogens is 1. The Labute approximate surface area is 249 Å². The summed E-state index contributed by atoms with van der Waals surface area (Å²) in [7, 11) is 3.12. The summed E-state index contributed by atoms with van der Waals surface area (Å²) in [4.78, 5) is 31.5. The lowest BCUT2D eigenvalue weighted by molar-refractivity contribution is -0.135. The van der Waals surface area contributed by atoms with E-state index in [4.69, 9.17) is 21.1 Å². The predicted molar refractivity (Wildman–Crippen MR) is 163 cm³/mol. The molecule has 1 aliphatic carbocycles. The van der Waals surface area contributed by atoms with E-state index < -0.39 is 0 Å². The summed E-state index contributed by atoms with van der Waals surface area (Å²) >= 11 is 6.46. The number of methoxy groups -OCH3 is 2. The minimum Gasteiger partial charge on any atom is -0.497 e. The molecule has 1 aliphatic rings. The van der Waals surface area contributed by atoms with E-state index in [1.807, 2.05) is 41.4 Å². The van der Waals surface area contributed by atoms with Crippen LogP contribution in [0.2, 0.25) is 5.02 Å². The molecule has 2 amide bonds. The first-order chi connectivity index (χ1) is 19.9. The molecule has 7 nitrogen and oxygen atoms in total. The zero-order valence-electron chi connectivity index (χ0n) is 24.5. The van der Waals surface area contributed by atoms with E-state index in [9.17, 15) is 9.59 Å². The number of ether oxygens (including phenoxy) is 2.